The number of carbonyl (C=O) groups is 3. The van der Waals surface area contributed by atoms with Gasteiger partial charge in [-0.3, -0.25) is 9.59 Å². The van der Waals surface area contributed by atoms with E-state index in [0.29, 0.717) is 11.4 Å². The molecule has 1 saturated carbocycles. The lowest BCUT2D eigenvalue weighted by atomic mass is 9.89. The molecule has 0 atom stereocenters. The number of urea groups is 1. The molecule has 1 N–H and O–H groups in total. The number of nitrogens with one attached hydrogen (secondary N) is 1. The summed E-state index contributed by atoms with van der Waals surface area (Å²) in [6, 6.07) is 7.28. The Hall–Kier alpha value is -3.63. The molecule has 0 radical (unpaired) electrons. The maximum Gasteiger partial charge on any atom is 0.573 e. The van der Waals surface area contributed by atoms with Crippen molar-refractivity contribution in [2.24, 2.45) is 5.92 Å². The Labute approximate surface area is 206 Å². The average molecular weight is 505 g/mol. The molecule has 192 valence electrons. The lowest BCUT2D eigenvalue weighted by Gasteiger charge is -2.27. The minimum absolute atomic E-state index is 0.0394. The standard InChI is InChI=1S/C25H27F3N4O4/c1-24(2)22(34)32(18-8-10-19(11-9-18)36-25(26,27)28)23(35)31(24)15-16-12-13-29-20(14-16)30-21(33)17-6-4-3-5-7-17/h8-14,17H,3-7,15H2,1-2H3,(H,29,30,33). The molecule has 11 heteroatoms. The number of aromatic nitrogens is 1. The number of pyridine rings is 1. The maximum atomic E-state index is 13.3. The van der Waals surface area contributed by atoms with Crippen molar-refractivity contribution < 1.29 is 32.3 Å². The van der Waals surface area contributed by atoms with E-state index in [2.05, 4.69) is 15.0 Å². The van der Waals surface area contributed by atoms with Gasteiger partial charge >= 0.3 is 12.4 Å². The summed E-state index contributed by atoms with van der Waals surface area (Å²) in [4.78, 5) is 45.5. The van der Waals surface area contributed by atoms with Crippen LogP contribution in [-0.2, 0) is 16.1 Å². The number of nitrogens with zero attached hydrogens (tertiary/aromatic N) is 3. The molecule has 8 nitrogen and oxygen atoms in total. The highest BCUT2D eigenvalue weighted by Crippen LogP contribution is 2.35. The number of alkyl halides is 3. The van der Waals surface area contributed by atoms with Crippen LogP contribution >= 0.6 is 0 Å². The van der Waals surface area contributed by atoms with Gasteiger partial charge in [0, 0.05) is 18.7 Å². The third-order valence-corrected chi connectivity index (χ3v) is 6.54. The molecule has 2 heterocycles. The summed E-state index contributed by atoms with van der Waals surface area (Å²) in [5, 5.41) is 2.85. The molecule has 0 bridgehead atoms. The van der Waals surface area contributed by atoms with Crippen LogP contribution in [0.5, 0.6) is 5.75 Å². The highest BCUT2D eigenvalue weighted by atomic mass is 19.4. The summed E-state index contributed by atoms with van der Waals surface area (Å²) < 4.78 is 41.2. The number of ether oxygens (including phenoxy) is 1. The molecule has 1 aromatic carbocycles. The second-order valence-corrected chi connectivity index (χ2v) is 9.48. The third kappa shape index (κ3) is 5.44. The van der Waals surface area contributed by atoms with Crippen LogP contribution in [0.15, 0.2) is 42.6 Å². The lowest BCUT2D eigenvalue weighted by Crippen LogP contribution is -2.43. The SMILES string of the molecule is CC1(C)C(=O)N(c2ccc(OC(F)(F)F)cc2)C(=O)N1Cc1ccnc(NC(=O)C2CCCCC2)c1. The van der Waals surface area contributed by atoms with Crippen molar-refractivity contribution in [2.75, 3.05) is 10.2 Å². The van der Waals surface area contributed by atoms with Gasteiger partial charge in [0.15, 0.2) is 0 Å². The first-order chi connectivity index (χ1) is 17.0. The minimum atomic E-state index is -4.85. The van der Waals surface area contributed by atoms with E-state index in [4.69, 9.17) is 0 Å². The number of anilines is 2. The van der Waals surface area contributed by atoms with Crippen molar-refractivity contribution in [3.05, 3.63) is 48.2 Å². The Morgan fingerprint density at radius 2 is 1.78 bits per heavy atom. The molecule has 4 rings (SSSR count). The molecule has 1 aromatic heterocycles. The normalized spacial score (nSPS) is 18.5. The van der Waals surface area contributed by atoms with Crippen LogP contribution in [0.2, 0.25) is 0 Å². The van der Waals surface area contributed by atoms with E-state index in [1.165, 1.54) is 23.2 Å². The van der Waals surface area contributed by atoms with Gasteiger partial charge in [-0.25, -0.2) is 14.7 Å². The zero-order chi connectivity index (χ0) is 26.1. The molecule has 2 aliphatic rings. The van der Waals surface area contributed by atoms with Crippen molar-refractivity contribution in [2.45, 2.75) is 64.4 Å². The average Bonchev–Trinajstić information content (AvgIpc) is 2.99. The van der Waals surface area contributed by atoms with Gasteiger partial charge in [-0.1, -0.05) is 19.3 Å². The second kappa shape index (κ2) is 9.79. The minimum Gasteiger partial charge on any atom is -0.406 e. The highest BCUT2D eigenvalue weighted by Gasteiger charge is 2.51. The molecule has 1 aliphatic heterocycles. The van der Waals surface area contributed by atoms with Crippen LogP contribution in [-0.4, -0.2) is 39.6 Å². The smallest absolute Gasteiger partial charge is 0.406 e. The van der Waals surface area contributed by atoms with Crippen LogP contribution in [0.1, 0.15) is 51.5 Å². The third-order valence-electron chi connectivity index (χ3n) is 6.54. The van der Waals surface area contributed by atoms with E-state index in [-0.39, 0.29) is 24.1 Å². The molecule has 2 aromatic rings. The predicted octanol–water partition coefficient (Wildman–Crippen LogP) is 5.25. The summed E-state index contributed by atoms with van der Waals surface area (Å²) in [5.41, 5.74) is -0.424. The molecule has 0 spiro atoms. The van der Waals surface area contributed by atoms with Gasteiger partial charge in [0.2, 0.25) is 5.91 Å². The number of rotatable bonds is 6. The molecule has 1 saturated heterocycles. The summed E-state index contributed by atoms with van der Waals surface area (Å²) in [6.07, 6.45) is 1.57. The van der Waals surface area contributed by atoms with E-state index in [1.807, 2.05) is 0 Å². The fraction of sp³-hybridized carbons (Fsp3) is 0.440. The van der Waals surface area contributed by atoms with Crippen molar-refractivity contribution in [3.63, 3.8) is 0 Å². The highest BCUT2D eigenvalue weighted by molar-refractivity contribution is 6.22. The number of benzene rings is 1. The molecular weight excluding hydrogens is 477 g/mol. The van der Waals surface area contributed by atoms with E-state index < -0.39 is 29.6 Å². The first-order valence-corrected chi connectivity index (χ1v) is 11.7. The number of amides is 4. The number of halogens is 3. The molecular formula is C25H27F3N4O4. The summed E-state index contributed by atoms with van der Waals surface area (Å²) in [7, 11) is 0. The summed E-state index contributed by atoms with van der Waals surface area (Å²) in [5.74, 6) is -0.715. The monoisotopic (exact) mass is 504 g/mol. The Balaban J connectivity index is 1.49. The largest absolute Gasteiger partial charge is 0.573 e. The summed E-state index contributed by atoms with van der Waals surface area (Å²) >= 11 is 0. The van der Waals surface area contributed by atoms with Crippen LogP contribution in [0, 0.1) is 5.92 Å². The number of imide groups is 1. The van der Waals surface area contributed by atoms with Crippen LogP contribution in [0.3, 0.4) is 0 Å². The second-order valence-electron chi connectivity index (χ2n) is 9.48. The Bertz CT molecular complexity index is 1140. The van der Waals surface area contributed by atoms with Crippen molar-refractivity contribution in [1.82, 2.24) is 9.88 Å². The van der Waals surface area contributed by atoms with E-state index in [0.717, 1.165) is 49.1 Å². The molecule has 0 unspecified atom stereocenters. The van der Waals surface area contributed by atoms with Gasteiger partial charge in [0.05, 0.1) is 5.69 Å². The zero-order valence-corrected chi connectivity index (χ0v) is 20.0. The quantitative estimate of drug-likeness (QED) is 0.543. The fourth-order valence-corrected chi connectivity index (χ4v) is 4.54. The first-order valence-electron chi connectivity index (χ1n) is 11.7. The van der Waals surface area contributed by atoms with Gasteiger partial charge in [0.1, 0.15) is 17.1 Å². The molecule has 2 fully saturated rings. The molecule has 1 aliphatic carbocycles. The van der Waals surface area contributed by atoms with Crippen molar-refractivity contribution in [3.8, 4) is 5.75 Å². The Morgan fingerprint density at radius 3 is 2.42 bits per heavy atom. The van der Waals surface area contributed by atoms with Crippen molar-refractivity contribution in [1.29, 1.82) is 0 Å². The van der Waals surface area contributed by atoms with Gasteiger partial charge in [-0.2, -0.15) is 0 Å². The van der Waals surface area contributed by atoms with Crippen molar-refractivity contribution >= 4 is 29.4 Å². The molecule has 36 heavy (non-hydrogen) atoms. The van der Waals surface area contributed by atoms with E-state index in [9.17, 15) is 27.6 Å². The fourth-order valence-electron chi connectivity index (χ4n) is 4.54. The predicted molar refractivity (Wildman–Crippen MR) is 125 cm³/mol. The summed E-state index contributed by atoms with van der Waals surface area (Å²) in [6.45, 7) is 3.26. The first kappa shape index (κ1) is 25.5. The van der Waals surface area contributed by atoms with Gasteiger partial charge in [-0.15, -0.1) is 13.2 Å². The number of hydrogen-bond donors (Lipinski definition) is 1. The maximum absolute atomic E-state index is 13.3. The Morgan fingerprint density at radius 1 is 1.11 bits per heavy atom. The number of carbonyl (C=O) groups excluding carboxylic acids is 3. The number of hydrogen-bond acceptors (Lipinski definition) is 5. The van der Waals surface area contributed by atoms with Gasteiger partial charge in [0.25, 0.3) is 5.91 Å². The van der Waals surface area contributed by atoms with E-state index in [1.54, 1.807) is 26.0 Å². The van der Waals surface area contributed by atoms with Crippen LogP contribution < -0.4 is 15.0 Å². The zero-order valence-electron chi connectivity index (χ0n) is 20.0. The molecule has 4 amide bonds. The Kier molecular flexibility index (Phi) is 6.92. The van der Waals surface area contributed by atoms with Crippen LogP contribution in [0.25, 0.3) is 0 Å². The topological polar surface area (TPSA) is 91.8 Å². The van der Waals surface area contributed by atoms with Crippen LogP contribution in [0.4, 0.5) is 29.5 Å². The van der Waals surface area contributed by atoms with Gasteiger partial charge < -0.3 is 15.0 Å². The lowest BCUT2D eigenvalue weighted by molar-refractivity contribution is -0.274. The van der Waals surface area contributed by atoms with Gasteiger partial charge in [-0.05, 0) is 68.7 Å². The van der Waals surface area contributed by atoms with E-state index >= 15 is 0 Å².